The van der Waals surface area contributed by atoms with E-state index >= 15 is 0 Å². The molecular formula is C14H16F2N2S. The highest BCUT2D eigenvalue weighted by atomic mass is 32.1. The Morgan fingerprint density at radius 3 is 3.05 bits per heavy atom. The summed E-state index contributed by atoms with van der Waals surface area (Å²) in [7, 11) is 0. The van der Waals surface area contributed by atoms with Crippen LogP contribution in [0.15, 0.2) is 23.7 Å². The Hall–Kier alpha value is -1.23. The van der Waals surface area contributed by atoms with Gasteiger partial charge in [-0.25, -0.2) is 13.8 Å². The molecule has 1 heterocycles. The number of alkyl halides is 2. The quantitative estimate of drug-likeness (QED) is 0.809. The average molecular weight is 282 g/mol. The van der Waals surface area contributed by atoms with E-state index < -0.39 is 5.92 Å². The van der Waals surface area contributed by atoms with Crippen LogP contribution in [0.4, 0.5) is 14.5 Å². The molecule has 1 aromatic heterocycles. The number of nitrogens with one attached hydrogen (secondary N) is 1. The predicted molar refractivity (Wildman–Crippen MR) is 75.1 cm³/mol. The summed E-state index contributed by atoms with van der Waals surface area (Å²) in [6.07, 6.45) is 1.96. The molecule has 1 saturated carbocycles. The SMILES string of the molecule is FC1(F)CCCC(Nc2ccc3ncsc3c2)CC1. The van der Waals surface area contributed by atoms with Crippen molar-refractivity contribution in [1.82, 2.24) is 4.98 Å². The van der Waals surface area contributed by atoms with E-state index in [9.17, 15) is 8.78 Å². The first kappa shape index (κ1) is 12.8. The number of benzene rings is 1. The van der Waals surface area contributed by atoms with Gasteiger partial charge in [0.2, 0.25) is 5.92 Å². The van der Waals surface area contributed by atoms with Gasteiger partial charge in [-0.1, -0.05) is 0 Å². The van der Waals surface area contributed by atoms with E-state index in [0.29, 0.717) is 12.8 Å². The summed E-state index contributed by atoms with van der Waals surface area (Å²) >= 11 is 1.60. The minimum Gasteiger partial charge on any atom is -0.382 e. The second-order valence-corrected chi connectivity index (χ2v) is 6.05. The summed E-state index contributed by atoms with van der Waals surface area (Å²) in [6, 6.07) is 6.15. The minimum absolute atomic E-state index is 0.00648. The first-order valence-electron chi connectivity index (χ1n) is 6.60. The number of rotatable bonds is 2. The van der Waals surface area contributed by atoms with Crippen molar-refractivity contribution in [2.24, 2.45) is 0 Å². The van der Waals surface area contributed by atoms with Crippen molar-refractivity contribution in [2.75, 3.05) is 5.32 Å². The van der Waals surface area contributed by atoms with Crippen LogP contribution in [0.25, 0.3) is 10.2 Å². The van der Waals surface area contributed by atoms with Crippen molar-refractivity contribution in [1.29, 1.82) is 0 Å². The molecule has 2 nitrogen and oxygen atoms in total. The number of thiazole rings is 1. The molecule has 1 unspecified atom stereocenters. The molecule has 1 fully saturated rings. The summed E-state index contributed by atoms with van der Waals surface area (Å²) in [6.45, 7) is 0. The van der Waals surface area contributed by atoms with Gasteiger partial charge in [-0.2, -0.15) is 0 Å². The van der Waals surface area contributed by atoms with E-state index in [1.54, 1.807) is 11.3 Å². The zero-order valence-corrected chi connectivity index (χ0v) is 11.4. The minimum atomic E-state index is -2.47. The fraction of sp³-hybridized carbons (Fsp3) is 0.500. The molecule has 2 aromatic rings. The average Bonchev–Trinajstić information content (AvgIpc) is 2.76. The number of halogens is 2. The summed E-state index contributed by atoms with van der Waals surface area (Å²) in [5, 5.41) is 3.39. The van der Waals surface area contributed by atoms with Crippen molar-refractivity contribution in [3.05, 3.63) is 23.7 Å². The summed E-state index contributed by atoms with van der Waals surface area (Å²) in [5.74, 6) is -2.47. The normalized spacial score (nSPS) is 23.2. The zero-order valence-electron chi connectivity index (χ0n) is 10.5. The Labute approximate surface area is 114 Å². The maximum atomic E-state index is 13.3. The monoisotopic (exact) mass is 282 g/mol. The third-order valence-electron chi connectivity index (χ3n) is 3.66. The Balaban J connectivity index is 1.70. The molecule has 19 heavy (non-hydrogen) atoms. The van der Waals surface area contributed by atoms with Crippen molar-refractivity contribution >= 4 is 27.2 Å². The van der Waals surface area contributed by atoms with E-state index in [0.717, 1.165) is 22.3 Å². The molecule has 0 amide bonds. The molecular weight excluding hydrogens is 266 g/mol. The molecule has 1 aliphatic carbocycles. The molecule has 3 rings (SSSR count). The van der Waals surface area contributed by atoms with E-state index in [-0.39, 0.29) is 18.9 Å². The van der Waals surface area contributed by atoms with Crippen LogP contribution in [0.5, 0.6) is 0 Å². The van der Waals surface area contributed by atoms with Crippen LogP contribution in [0.3, 0.4) is 0 Å². The molecule has 1 aromatic carbocycles. The van der Waals surface area contributed by atoms with E-state index in [1.165, 1.54) is 0 Å². The van der Waals surface area contributed by atoms with Crippen LogP contribution < -0.4 is 5.32 Å². The molecule has 102 valence electrons. The van der Waals surface area contributed by atoms with E-state index in [4.69, 9.17) is 0 Å². The van der Waals surface area contributed by atoms with Gasteiger partial charge in [0.15, 0.2) is 0 Å². The van der Waals surface area contributed by atoms with Gasteiger partial charge in [-0.05, 0) is 37.5 Å². The third kappa shape index (κ3) is 3.03. The third-order valence-corrected chi connectivity index (χ3v) is 4.45. The standard InChI is InChI=1S/C14H16F2N2S/c15-14(16)6-1-2-10(5-7-14)18-11-3-4-12-13(8-11)19-9-17-12/h3-4,8-10,18H,1-2,5-7H2. The number of fused-ring (bicyclic) bond motifs is 1. The van der Waals surface area contributed by atoms with Crippen molar-refractivity contribution < 1.29 is 8.78 Å². The fourth-order valence-electron chi connectivity index (χ4n) is 2.59. The highest BCUT2D eigenvalue weighted by molar-refractivity contribution is 7.16. The van der Waals surface area contributed by atoms with Gasteiger partial charge >= 0.3 is 0 Å². The van der Waals surface area contributed by atoms with Gasteiger partial charge in [0.25, 0.3) is 0 Å². The van der Waals surface area contributed by atoms with Crippen molar-refractivity contribution in [2.45, 2.75) is 44.1 Å². The smallest absolute Gasteiger partial charge is 0.248 e. The second-order valence-electron chi connectivity index (χ2n) is 5.16. The maximum Gasteiger partial charge on any atom is 0.248 e. The van der Waals surface area contributed by atoms with Crippen LogP contribution in [0.1, 0.15) is 32.1 Å². The highest BCUT2D eigenvalue weighted by Gasteiger charge is 2.32. The molecule has 1 aliphatic rings. The molecule has 0 radical (unpaired) electrons. The molecule has 0 saturated heterocycles. The summed E-state index contributed by atoms with van der Waals surface area (Å²) < 4.78 is 27.7. The number of hydrogen-bond donors (Lipinski definition) is 1. The number of nitrogens with zero attached hydrogens (tertiary/aromatic N) is 1. The van der Waals surface area contributed by atoms with Crippen LogP contribution in [-0.2, 0) is 0 Å². The van der Waals surface area contributed by atoms with Gasteiger partial charge < -0.3 is 5.32 Å². The first-order chi connectivity index (χ1) is 9.12. The summed E-state index contributed by atoms with van der Waals surface area (Å²) in [5.41, 5.74) is 3.82. The Morgan fingerprint density at radius 1 is 1.26 bits per heavy atom. The van der Waals surface area contributed by atoms with Crippen LogP contribution in [0, 0.1) is 0 Å². The van der Waals surface area contributed by atoms with E-state index in [1.807, 2.05) is 17.6 Å². The largest absolute Gasteiger partial charge is 0.382 e. The maximum absolute atomic E-state index is 13.3. The molecule has 0 bridgehead atoms. The molecule has 5 heteroatoms. The van der Waals surface area contributed by atoms with Crippen LogP contribution >= 0.6 is 11.3 Å². The Kier molecular flexibility index (Phi) is 3.39. The predicted octanol–water partition coefficient (Wildman–Crippen LogP) is 4.68. The van der Waals surface area contributed by atoms with Gasteiger partial charge in [-0.15, -0.1) is 11.3 Å². The van der Waals surface area contributed by atoms with Crippen molar-refractivity contribution in [3.63, 3.8) is 0 Å². The van der Waals surface area contributed by atoms with Gasteiger partial charge in [0.1, 0.15) is 0 Å². The van der Waals surface area contributed by atoms with Gasteiger partial charge in [0.05, 0.1) is 15.7 Å². The topological polar surface area (TPSA) is 24.9 Å². The molecule has 0 spiro atoms. The fourth-order valence-corrected chi connectivity index (χ4v) is 3.30. The molecule has 0 aliphatic heterocycles. The van der Waals surface area contributed by atoms with Gasteiger partial charge in [0, 0.05) is 24.6 Å². The highest BCUT2D eigenvalue weighted by Crippen LogP contribution is 2.33. The molecule has 1 atom stereocenters. The number of anilines is 1. The second kappa shape index (κ2) is 5.04. The lowest BCUT2D eigenvalue weighted by Gasteiger charge is -2.18. The number of aromatic nitrogens is 1. The molecule has 1 N–H and O–H groups in total. The lowest BCUT2D eigenvalue weighted by Crippen LogP contribution is -2.20. The lowest BCUT2D eigenvalue weighted by atomic mass is 10.1. The zero-order chi connectivity index (χ0) is 13.3. The van der Waals surface area contributed by atoms with E-state index in [2.05, 4.69) is 16.4 Å². The lowest BCUT2D eigenvalue weighted by molar-refractivity contribution is -0.0140. The first-order valence-corrected chi connectivity index (χ1v) is 7.48. The van der Waals surface area contributed by atoms with Crippen molar-refractivity contribution in [3.8, 4) is 0 Å². The van der Waals surface area contributed by atoms with Gasteiger partial charge in [-0.3, -0.25) is 0 Å². The number of hydrogen-bond acceptors (Lipinski definition) is 3. The van der Waals surface area contributed by atoms with Crippen LogP contribution in [0.2, 0.25) is 0 Å². The Morgan fingerprint density at radius 2 is 2.16 bits per heavy atom. The van der Waals surface area contributed by atoms with Crippen LogP contribution in [-0.4, -0.2) is 16.9 Å². The summed E-state index contributed by atoms with van der Waals surface area (Å²) in [4.78, 5) is 4.23. The Bertz CT molecular complexity index is 567.